The summed E-state index contributed by atoms with van der Waals surface area (Å²) in [7, 11) is -2.07. The first-order valence-electron chi connectivity index (χ1n) is 11.6. The van der Waals surface area contributed by atoms with Crippen LogP contribution in [0.1, 0.15) is 32.1 Å². The molecule has 0 spiro atoms. The first-order valence-corrected chi connectivity index (χ1v) is 14.0. The van der Waals surface area contributed by atoms with Crippen molar-refractivity contribution in [2.24, 2.45) is 0 Å². The van der Waals surface area contributed by atoms with Crippen LogP contribution in [0.3, 0.4) is 0 Å². The van der Waals surface area contributed by atoms with Crippen LogP contribution in [-0.2, 0) is 14.8 Å². The molecule has 8 heteroatoms. The van der Waals surface area contributed by atoms with Crippen molar-refractivity contribution in [3.63, 3.8) is 0 Å². The third kappa shape index (κ3) is 4.32. The lowest BCUT2D eigenvalue weighted by Crippen LogP contribution is -2.39. The predicted octanol–water partition coefficient (Wildman–Crippen LogP) is 5.31. The molecule has 1 saturated carbocycles. The van der Waals surface area contributed by atoms with Crippen LogP contribution >= 0.6 is 11.8 Å². The van der Waals surface area contributed by atoms with Gasteiger partial charge in [0.25, 0.3) is 10.0 Å². The molecule has 34 heavy (non-hydrogen) atoms. The number of nitrogens with zero attached hydrogens (tertiary/aromatic N) is 3. The summed E-state index contributed by atoms with van der Waals surface area (Å²) >= 11 is 1.18. The van der Waals surface area contributed by atoms with Gasteiger partial charge in [-0.25, -0.2) is 17.4 Å². The van der Waals surface area contributed by atoms with E-state index < -0.39 is 10.0 Å². The zero-order valence-corrected chi connectivity index (χ0v) is 20.7. The highest BCUT2D eigenvalue weighted by Gasteiger charge is 2.27. The number of para-hydroxylation sites is 2. The second-order valence-electron chi connectivity index (χ2n) is 8.75. The van der Waals surface area contributed by atoms with Gasteiger partial charge in [-0.15, -0.1) is 0 Å². The number of carbonyl (C=O) groups is 1. The van der Waals surface area contributed by atoms with Gasteiger partial charge in [0.2, 0.25) is 5.91 Å². The lowest BCUT2D eigenvalue weighted by atomic mass is 9.94. The SMILES string of the molecule is CN(C(=O)CSc1nc2ccccc2n1S(=O)(=O)c1ccc2ccccc2c1)C1CCCCC1. The average molecular weight is 494 g/mol. The van der Waals surface area contributed by atoms with Crippen molar-refractivity contribution in [2.75, 3.05) is 12.8 Å². The third-order valence-corrected chi connectivity index (χ3v) is 9.33. The Bertz CT molecular complexity index is 1460. The highest BCUT2D eigenvalue weighted by molar-refractivity contribution is 8.00. The minimum Gasteiger partial charge on any atom is -0.342 e. The van der Waals surface area contributed by atoms with E-state index in [9.17, 15) is 13.2 Å². The number of aromatic nitrogens is 2. The van der Waals surface area contributed by atoms with Gasteiger partial charge in [-0.1, -0.05) is 73.5 Å². The molecule has 0 unspecified atom stereocenters. The summed E-state index contributed by atoms with van der Waals surface area (Å²) in [4.78, 5) is 19.5. The van der Waals surface area contributed by atoms with E-state index >= 15 is 0 Å². The highest BCUT2D eigenvalue weighted by atomic mass is 32.2. The largest absolute Gasteiger partial charge is 0.342 e. The van der Waals surface area contributed by atoms with Gasteiger partial charge in [0.1, 0.15) is 0 Å². The van der Waals surface area contributed by atoms with Crippen molar-refractivity contribution in [3.05, 3.63) is 66.7 Å². The Labute approximate surface area is 204 Å². The summed E-state index contributed by atoms with van der Waals surface area (Å²) in [6.45, 7) is 0. The van der Waals surface area contributed by atoms with E-state index in [1.54, 1.807) is 30.3 Å². The number of carbonyl (C=O) groups excluding carboxylic acids is 1. The quantitative estimate of drug-likeness (QED) is 0.341. The normalized spacial score (nSPS) is 15.1. The van der Waals surface area contributed by atoms with Gasteiger partial charge >= 0.3 is 0 Å². The molecule has 1 heterocycles. The molecule has 176 valence electrons. The highest BCUT2D eigenvalue weighted by Crippen LogP contribution is 2.31. The summed E-state index contributed by atoms with van der Waals surface area (Å²) in [5.41, 5.74) is 1.09. The molecule has 1 aliphatic carbocycles. The van der Waals surface area contributed by atoms with Crippen molar-refractivity contribution in [1.29, 1.82) is 0 Å². The molecule has 0 N–H and O–H groups in total. The van der Waals surface area contributed by atoms with Gasteiger partial charge < -0.3 is 4.90 Å². The first-order chi connectivity index (χ1) is 16.4. The molecule has 0 saturated heterocycles. The van der Waals surface area contributed by atoms with Gasteiger partial charge in [0, 0.05) is 13.1 Å². The Balaban J connectivity index is 1.48. The maximum absolute atomic E-state index is 13.8. The number of hydrogen-bond acceptors (Lipinski definition) is 5. The Morgan fingerprint density at radius 2 is 1.71 bits per heavy atom. The molecule has 5 rings (SSSR count). The van der Waals surface area contributed by atoms with Crippen molar-refractivity contribution >= 4 is 49.5 Å². The van der Waals surface area contributed by atoms with Gasteiger partial charge in [-0.2, -0.15) is 0 Å². The molecule has 1 aliphatic rings. The Morgan fingerprint density at radius 1 is 1.00 bits per heavy atom. The third-order valence-electron chi connectivity index (χ3n) is 6.59. The van der Waals surface area contributed by atoms with Crippen LogP contribution < -0.4 is 0 Å². The van der Waals surface area contributed by atoms with E-state index in [2.05, 4.69) is 4.98 Å². The predicted molar refractivity (Wildman–Crippen MR) is 137 cm³/mol. The number of benzene rings is 3. The number of imidazole rings is 1. The molecule has 6 nitrogen and oxygen atoms in total. The summed E-state index contributed by atoms with van der Waals surface area (Å²) in [6.07, 6.45) is 5.58. The number of hydrogen-bond donors (Lipinski definition) is 0. The molecule has 0 radical (unpaired) electrons. The van der Waals surface area contributed by atoms with Crippen LogP contribution in [0, 0.1) is 0 Å². The maximum Gasteiger partial charge on any atom is 0.270 e. The molecule has 1 amide bonds. The van der Waals surface area contributed by atoms with Gasteiger partial charge in [0.15, 0.2) is 5.16 Å². The van der Waals surface area contributed by atoms with Crippen LogP contribution in [-0.4, -0.2) is 47.0 Å². The smallest absolute Gasteiger partial charge is 0.270 e. The van der Waals surface area contributed by atoms with Crippen LogP contribution in [0.4, 0.5) is 0 Å². The number of fused-ring (bicyclic) bond motifs is 2. The lowest BCUT2D eigenvalue weighted by molar-refractivity contribution is -0.129. The van der Waals surface area contributed by atoms with Crippen LogP contribution in [0.2, 0.25) is 0 Å². The lowest BCUT2D eigenvalue weighted by Gasteiger charge is -2.31. The van der Waals surface area contributed by atoms with Crippen LogP contribution in [0.25, 0.3) is 21.8 Å². The van der Waals surface area contributed by atoms with Crippen molar-refractivity contribution < 1.29 is 13.2 Å². The fourth-order valence-electron chi connectivity index (χ4n) is 4.64. The number of amides is 1. The van der Waals surface area contributed by atoms with E-state index in [0.29, 0.717) is 16.2 Å². The molecule has 4 aromatic rings. The van der Waals surface area contributed by atoms with Gasteiger partial charge in [-0.05, 0) is 47.9 Å². The first kappa shape index (κ1) is 22.9. The number of thioether (sulfide) groups is 1. The van der Waals surface area contributed by atoms with Crippen LogP contribution in [0.5, 0.6) is 0 Å². The van der Waals surface area contributed by atoms with Gasteiger partial charge in [-0.3, -0.25) is 4.79 Å². The summed E-state index contributed by atoms with van der Waals surface area (Å²) in [5, 5.41) is 2.13. The molecule has 1 aromatic heterocycles. The Hall–Kier alpha value is -2.84. The monoisotopic (exact) mass is 493 g/mol. The van der Waals surface area contributed by atoms with E-state index in [1.165, 1.54) is 22.2 Å². The Kier molecular flexibility index (Phi) is 6.36. The zero-order valence-electron chi connectivity index (χ0n) is 19.1. The van der Waals surface area contributed by atoms with E-state index in [-0.39, 0.29) is 22.6 Å². The summed E-state index contributed by atoms with van der Waals surface area (Å²) in [5.74, 6) is 0.141. The summed E-state index contributed by atoms with van der Waals surface area (Å²) < 4.78 is 28.9. The molecular weight excluding hydrogens is 466 g/mol. The van der Waals surface area contributed by atoms with E-state index in [1.807, 2.05) is 48.3 Å². The fraction of sp³-hybridized carbons (Fsp3) is 0.308. The van der Waals surface area contributed by atoms with Crippen molar-refractivity contribution in [3.8, 4) is 0 Å². The molecular formula is C26H27N3O3S2. The Morgan fingerprint density at radius 3 is 2.50 bits per heavy atom. The molecule has 0 bridgehead atoms. The van der Waals surface area contributed by atoms with E-state index in [4.69, 9.17) is 0 Å². The fourth-order valence-corrected chi connectivity index (χ4v) is 7.31. The second-order valence-corrected chi connectivity index (χ2v) is 11.5. The maximum atomic E-state index is 13.8. The average Bonchev–Trinajstić information content (AvgIpc) is 3.26. The zero-order chi connectivity index (χ0) is 23.7. The van der Waals surface area contributed by atoms with E-state index in [0.717, 1.165) is 36.5 Å². The molecule has 3 aromatic carbocycles. The topological polar surface area (TPSA) is 72.3 Å². The minimum absolute atomic E-state index is 0.00129. The molecule has 0 atom stereocenters. The van der Waals surface area contributed by atoms with Crippen molar-refractivity contribution in [1.82, 2.24) is 13.9 Å². The molecule has 1 fully saturated rings. The standard InChI is InChI=1S/C26H27N3O3S2/c1-28(21-11-3-2-4-12-21)25(30)18-33-26-27-23-13-7-8-14-24(23)29(26)34(31,32)22-16-15-19-9-5-6-10-20(19)17-22/h5-10,13-17,21H,2-4,11-12,18H2,1H3. The number of rotatable bonds is 6. The summed E-state index contributed by atoms with van der Waals surface area (Å²) in [6, 6.07) is 20.2. The molecule has 0 aliphatic heterocycles. The van der Waals surface area contributed by atoms with Gasteiger partial charge in [0.05, 0.1) is 21.7 Å². The second kappa shape index (κ2) is 9.43. The minimum atomic E-state index is -3.92. The van der Waals surface area contributed by atoms with Crippen LogP contribution in [0.15, 0.2) is 76.8 Å². The van der Waals surface area contributed by atoms with Crippen molar-refractivity contribution in [2.45, 2.75) is 48.2 Å².